The molecule has 1 atom stereocenters. The maximum atomic E-state index is 12.0. The first kappa shape index (κ1) is 11.1. The van der Waals surface area contributed by atoms with Gasteiger partial charge in [0.1, 0.15) is 0 Å². The zero-order valence-electron chi connectivity index (χ0n) is 8.96. The number of carbonyl (C=O) groups is 2. The summed E-state index contributed by atoms with van der Waals surface area (Å²) in [5.74, 6) is -0.936. The monoisotopic (exact) mass is 225 g/mol. The van der Waals surface area contributed by atoms with Crippen LogP contribution in [0, 0.1) is 5.92 Å². The maximum absolute atomic E-state index is 12.0. The molecule has 1 saturated heterocycles. The van der Waals surface area contributed by atoms with E-state index in [0.717, 1.165) is 12.8 Å². The molecule has 1 unspecified atom stereocenters. The highest BCUT2D eigenvalue weighted by Crippen LogP contribution is 2.21. The second-order valence-electron chi connectivity index (χ2n) is 4.12. The van der Waals surface area contributed by atoms with Gasteiger partial charge in [-0.1, -0.05) is 12.2 Å². The van der Waals surface area contributed by atoms with Gasteiger partial charge in [0.2, 0.25) is 5.91 Å². The van der Waals surface area contributed by atoms with Crippen LogP contribution < -0.4 is 0 Å². The summed E-state index contributed by atoms with van der Waals surface area (Å²) in [4.78, 5) is 24.4. The van der Waals surface area contributed by atoms with E-state index in [1.54, 1.807) is 4.90 Å². The van der Waals surface area contributed by atoms with Crippen molar-refractivity contribution in [2.75, 3.05) is 19.7 Å². The van der Waals surface area contributed by atoms with Crippen LogP contribution in [0.25, 0.3) is 0 Å². The van der Waals surface area contributed by atoms with E-state index in [0.29, 0.717) is 13.2 Å². The molecule has 88 valence electrons. The lowest BCUT2D eigenvalue weighted by Gasteiger charge is -2.32. The molecule has 2 rings (SSSR count). The van der Waals surface area contributed by atoms with Gasteiger partial charge >= 0.3 is 5.97 Å². The fourth-order valence-corrected chi connectivity index (χ4v) is 2.08. The number of nitrogens with zero attached hydrogens (tertiary/aromatic N) is 1. The smallest absolute Gasteiger partial charge is 0.334 e. The molecule has 0 saturated carbocycles. The highest BCUT2D eigenvalue weighted by atomic mass is 16.5. The summed E-state index contributed by atoms with van der Waals surface area (Å²) < 4.78 is 5.07. The van der Waals surface area contributed by atoms with Gasteiger partial charge in [0.15, 0.2) is 6.10 Å². The van der Waals surface area contributed by atoms with Crippen molar-refractivity contribution in [1.29, 1.82) is 0 Å². The van der Waals surface area contributed by atoms with Crippen molar-refractivity contribution in [1.82, 2.24) is 4.90 Å². The minimum atomic E-state index is -0.998. The second-order valence-corrected chi connectivity index (χ2v) is 4.12. The molecule has 5 heteroatoms. The Kier molecular flexibility index (Phi) is 3.24. The lowest BCUT2D eigenvalue weighted by Crippen LogP contribution is -2.50. The largest absolute Gasteiger partial charge is 0.479 e. The average Bonchev–Trinajstić information content (AvgIpc) is 2.81. The molecule has 5 nitrogen and oxygen atoms in total. The molecular weight excluding hydrogens is 210 g/mol. The van der Waals surface area contributed by atoms with E-state index in [2.05, 4.69) is 0 Å². The van der Waals surface area contributed by atoms with Crippen molar-refractivity contribution in [3.63, 3.8) is 0 Å². The van der Waals surface area contributed by atoms with E-state index in [1.165, 1.54) is 0 Å². The Hall–Kier alpha value is -1.36. The van der Waals surface area contributed by atoms with Crippen LogP contribution in [0.4, 0.5) is 0 Å². The third-order valence-electron chi connectivity index (χ3n) is 3.01. The number of ether oxygens (including phenoxy) is 1. The van der Waals surface area contributed by atoms with Gasteiger partial charge in [-0.2, -0.15) is 0 Å². The third-order valence-corrected chi connectivity index (χ3v) is 3.01. The zero-order chi connectivity index (χ0) is 11.5. The normalized spacial score (nSPS) is 26.0. The summed E-state index contributed by atoms with van der Waals surface area (Å²) in [6, 6.07) is 0. The number of carbonyl (C=O) groups excluding carboxylic acids is 1. The molecule has 1 aliphatic heterocycles. The van der Waals surface area contributed by atoms with Crippen LogP contribution in [0.3, 0.4) is 0 Å². The molecule has 1 fully saturated rings. The van der Waals surface area contributed by atoms with E-state index in [9.17, 15) is 9.59 Å². The van der Waals surface area contributed by atoms with Gasteiger partial charge in [0.05, 0.1) is 13.2 Å². The number of carboxylic acid groups (broad SMARTS) is 1. The topological polar surface area (TPSA) is 66.8 Å². The van der Waals surface area contributed by atoms with E-state index in [4.69, 9.17) is 9.84 Å². The summed E-state index contributed by atoms with van der Waals surface area (Å²) in [6.07, 6.45) is 4.67. The van der Waals surface area contributed by atoms with Crippen LogP contribution in [-0.2, 0) is 14.3 Å². The van der Waals surface area contributed by atoms with E-state index >= 15 is 0 Å². The van der Waals surface area contributed by atoms with Crippen LogP contribution in [0.1, 0.15) is 12.8 Å². The first-order valence-electron chi connectivity index (χ1n) is 5.46. The number of rotatable bonds is 2. The SMILES string of the molecule is O=C(O)C1CN(C(=O)C2CC=CC2)CCO1. The predicted molar refractivity (Wildman–Crippen MR) is 55.8 cm³/mol. The lowest BCUT2D eigenvalue weighted by molar-refractivity contribution is -0.160. The molecule has 0 aromatic carbocycles. The van der Waals surface area contributed by atoms with Crippen LogP contribution in [-0.4, -0.2) is 47.7 Å². The number of amides is 1. The molecule has 1 heterocycles. The fraction of sp³-hybridized carbons (Fsp3) is 0.636. The summed E-state index contributed by atoms with van der Waals surface area (Å²) in [7, 11) is 0. The number of carboxylic acids is 1. The van der Waals surface area contributed by atoms with Crippen molar-refractivity contribution in [3.8, 4) is 0 Å². The van der Waals surface area contributed by atoms with E-state index in [-0.39, 0.29) is 18.4 Å². The van der Waals surface area contributed by atoms with E-state index in [1.807, 2.05) is 12.2 Å². The molecule has 0 aromatic heterocycles. The van der Waals surface area contributed by atoms with Gasteiger partial charge in [-0.25, -0.2) is 4.79 Å². The highest BCUT2D eigenvalue weighted by Gasteiger charge is 2.32. The highest BCUT2D eigenvalue weighted by molar-refractivity contribution is 5.81. The van der Waals surface area contributed by atoms with Crippen LogP contribution in [0.5, 0.6) is 0 Å². The van der Waals surface area contributed by atoms with Crippen LogP contribution in [0.2, 0.25) is 0 Å². The Morgan fingerprint density at radius 2 is 2.00 bits per heavy atom. The Labute approximate surface area is 93.7 Å². The Bertz CT molecular complexity index is 318. The Morgan fingerprint density at radius 3 is 2.62 bits per heavy atom. The lowest BCUT2D eigenvalue weighted by atomic mass is 10.1. The summed E-state index contributed by atoms with van der Waals surface area (Å²) in [6.45, 7) is 0.979. The number of hydrogen-bond acceptors (Lipinski definition) is 3. The minimum absolute atomic E-state index is 0.00699. The van der Waals surface area contributed by atoms with Crippen LogP contribution >= 0.6 is 0 Å². The first-order chi connectivity index (χ1) is 7.68. The van der Waals surface area contributed by atoms with Crippen molar-refractivity contribution in [3.05, 3.63) is 12.2 Å². The van der Waals surface area contributed by atoms with Gasteiger partial charge in [-0.05, 0) is 12.8 Å². The minimum Gasteiger partial charge on any atom is -0.479 e. The molecule has 0 spiro atoms. The second kappa shape index (κ2) is 4.65. The Morgan fingerprint density at radius 1 is 1.31 bits per heavy atom. The van der Waals surface area contributed by atoms with Gasteiger partial charge in [-0.15, -0.1) is 0 Å². The molecule has 1 N–H and O–H groups in total. The summed E-state index contributed by atoms with van der Waals surface area (Å²) in [5, 5.41) is 8.83. The third kappa shape index (κ3) is 2.24. The molecule has 0 radical (unpaired) electrons. The number of morpholine rings is 1. The molecule has 0 aromatic rings. The van der Waals surface area contributed by atoms with Crippen molar-refractivity contribution >= 4 is 11.9 Å². The van der Waals surface area contributed by atoms with E-state index < -0.39 is 12.1 Å². The molecule has 0 bridgehead atoms. The molecule has 16 heavy (non-hydrogen) atoms. The zero-order valence-corrected chi connectivity index (χ0v) is 8.96. The van der Waals surface area contributed by atoms with Crippen molar-refractivity contribution in [2.45, 2.75) is 18.9 Å². The quantitative estimate of drug-likeness (QED) is 0.685. The first-order valence-corrected chi connectivity index (χ1v) is 5.46. The molecule has 2 aliphatic rings. The number of hydrogen-bond donors (Lipinski definition) is 1. The fourth-order valence-electron chi connectivity index (χ4n) is 2.08. The average molecular weight is 225 g/mol. The Balaban J connectivity index is 1.93. The standard InChI is InChI=1S/C11H15NO4/c13-10(8-3-1-2-4-8)12-5-6-16-9(7-12)11(14)15/h1-2,8-9H,3-7H2,(H,14,15). The molecule has 1 amide bonds. The summed E-state index contributed by atoms with van der Waals surface area (Å²) >= 11 is 0. The predicted octanol–water partition coefficient (Wildman–Crippen LogP) is 0.265. The number of aliphatic carboxylic acids is 1. The number of allylic oxidation sites excluding steroid dienone is 2. The van der Waals surface area contributed by atoms with Crippen LogP contribution in [0.15, 0.2) is 12.2 Å². The van der Waals surface area contributed by atoms with Gasteiger partial charge < -0.3 is 14.7 Å². The summed E-state index contributed by atoms with van der Waals surface area (Å²) in [5.41, 5.74) is 0. The van der Waals surface area contributed by atoms with Crippen molar-refractivity contribution < 1.29 is 19.4 Å². The molecular formula is C11H15NO4. The van der Waals surface area contributed by atoms with Gasteiger partial charge in [0, 0.05) is 12.5 Å². The maximum Gasteiger partial charge on any atom is 0.334 e. The van der Waals surface area contributed by atoms with Gasteiger partial charge in [0.25, 0.3) is 0 Å². The molecule has 1 aliphatic carbocycles. The van der Waals surface area contributed by atoms with Gasteiger partial charge in [-0.3, -0.25) is 4.79 Å². The van der Waals surface area contributed by atoms with Crippen molar-refractivity contribution in [2.24, 2.45) is 5.92 Å².